The van der Waals surface area contributed by atoms with E-state index >= 15 is 0 Å². The summed E-state index contributed by atoms with van der Waals surface area (Å²) in [6.07, 6.45) is 0.0605. The van der Waals surface area contributed by atoms with Gasteiger partial charge in [-0.05, 0) is 0 Å². The Balaban J connectivity index is 4.53. The largest absolute Gasteiger partial charge is 0.376 e. The molecule has 2 N–H and O–H groups in total. The molecule has 1 amide bonds. The normalized spacial score (nSPS) is 12.2. The van der Waals surface area contributed by atoms with E-state index < -0.39 is 16.5 Å². The first-order valence-corrected chi connectivity index (χ1v) is 6.80. The van der Waals surface area contributed by atoms with Gasteiger partial charge in [0.25, 0.3) is 5.09 Å². The van der Waals surface area contributed by atoms with Crippen LogP contribution in [-0.4, -0.2) is 41.0 Å². The molecule has 1 unspecified atom stereocenters. The van der Waals surface area contributed by atoms with Crippen molar-refractivity contribution in [2.75, 3.05) is 13.2 Å². The minimum atomic E-state index is -0.904. The molecule has 0 aliphatic carbocycles. The third-order valence-electron chi connectivity index (χ3n) is 2.52. The lowest BCUT2D eigenvalue weighted by atomic mass is 9.87. The van der Waals surface area contributed by atoms with E-state index in [1.165, 1.54) is 6.92 Å². The predicted molar refractivity (Wildman–Crippen MR) is 80.2 cm³/mol. The summed E-state index contributed by atoms with van der Waals surface area (Å²) in [6.45, 7) is 6.60. The van der Waals surface area contributed by atoms with Crippen LogP contribution in [0.3, 0.4) is 0 Å². The van der Waals surface area contributed by atoms with Crippen LogP contribution in [0.2, 0.25) is 0 Å². The minimum Gasteiger partial charge on any atom is -0.376 e. The fraction of sp³-hybridized carbons (Fsp3) is 0.750. The first-order valence-electron chi connectivity index (χ1n) is 6.39. The average Bonchev–Trinajstić information content (AvgIpc) is 2.31. The van der Waals surface area contributed by atoms with E-state index in [4.69, 9.17) is 12.2 Å². The lowest BCUT2D eigenvalue weighted by Gasteiger charge is -2.23. The molecular formula is C12H21N3O5S. The molecule has 120 valence electrons. The topological polar surface area (TPSA) is 111 Å². The van der Waals surface area contributed by atoms with E-state index in [-0.39, 0.29) is 36.3 Å². The zero-order chi connectivity index (χ0) is 16.6. The van der Waals surface area contributed by atoms with Gasteiger partial charge in [-0.3, -0.25) is 9.59 Å². The van der Waals surface area contributed by atoms with Crippen molar-refractivity contribution >= 4 is 28.9 Å². The molecule has 0 fully saturated rings. The quantitative estimate of drug-likeness (QED) is 0.292. The first kappa shape index (κ1) is 19.2. The summed E-state index contributed by atoms with van der Waals surface area (Å²) in [5, 5.41) is 14.4. The fourth-order valence-corrected chi connectivity index (χ4v) is 1.61. The van der Waals surface area contributed by atoms with Gasteiger partial charge in [0, 0.05) is 25.3 Å². The van der Waals surface area contributed by atoms with Crippen LogP contribution >= 0.6 is 12.2 Å². The van der Waals surface area contributed by atoms with Gasteiger partial charge in [-0.2, -0.15) is 0 Å². The van der Waals surface area contributed by atoms with Crippen molar-refractivity contribution in [1.29, 1.82) is 0 Å². The number of amides is 1. The van der Waals surface area contributed by atoms with Gasteiger partial charge in [0.2, 0.25) is 5.91 Å². The molecule has 0 aliphatic heterocycles. The van der Waals surface area contributed by atoms with E-state index in [0.717, 1.165) is 0 Å². The molecule has 0 aromatic carbocycles. The van der Waals surface area contributed by atoms with Crippen molar-refractivity contribution in [3.05, 3.63) is 10.1 Å². The Morgan fingerprint density at radius 3 is 2.38 bits per heavy atom. The zero-order valence-electron chi connectivity index (χ0n) is 12.6. The number of carbonyl (C=O) groups excluding carboxylic acids is 2. The van der Waals surface area contributed by atoms with Crippen LogP contribution in [0.25, 0.3) is 0 Å². The molecule has 0 rings (SSSR count). The number of Topliss-reactive ketones (excluding diaryl/α,β-unsaturated/α-hetero) is 1. The zero-order valence-corrected chi connectivity index (χ0v) is 13.4. The molecule has 0 spiro atoms. The van der Waals surface area contributed by atoms with Gasteiger partial charge >= 0.3 is 0 Å². The van der Waals surface area contributed by atoms with Crippen molar-refractivity contribution in [2.24, 2.45) is 5.41 Å². The van der Waals surface area contributed by atoms with Crippen LogP contribution < -0.4 is 10.6 Å². The molecule has 9 heteroatoms. The Morgan fingerprint density at radius 1 is 1.38 bits per heavy atom. The molecule has 1 atom stereocenters. The number of nitrogens with zero attached hydrogens (tertiary/aromatic N) is 1. The van der Waals surface area contributed by atoms with Gasteiger partial charge in [0.05, 0.1) is 11.0 Å². The fourth-order valence-electron chi connectivity index (χ4n) is 1.36. The van der Waals surface area contributed by atoms with Crippen LogP contribution in [-0.2, 0) is 14.4 Å². The third kappa shape index (κ3) is 8.90. The molecule has 0 saturated carbocycles. The van der Waals surface area contributed by atoms with Crippen molar-refractivity contribution in [3.63, 3.8) is 0 Å². The van der Waals surface area contributed by atoms with E-state index in [9.17, 15) is 19.7 Å². The summed E-state index contributed by atoms with van der Waals surface area (Å²) < 4.78 is 0. The van der Waals surface area contributed by atoms with Crippen LogP contribution in [0.1, 0.15) is 34.1 Å². The van der Waals surface area contributed by atoms with Crippen LogP contribution in [0.15, 0.2) is 0 Å². The second-order valence-corrected chi connectivity index (χ2v) is 5.92. The number of hydrogen-bond acceptors (Lipinski definition) is 6. The Labute approximate surface area is 128 Å². The Kier molecular flexibility index (Phi) is 7.79. The number of nitrogens with one attached hydrogen (secondary N) is 2. The summed E-state index contributed by atoms with van der Waals surface area (Å²) >= 11 is 5.11. The van der Waals surface area contributed by atoms with Gasteiger partial charge in [-0.25, -0.2) is 0 Å². The van der Waals surface area contributed by atoms with E-state index in [2.05, 4.69) is 15.5 Å². The second-order valence-electron chi connectivity index (χ2n) is 5.48. The highest BCUT2D eigenvalue weighted by Gasteiger charge is 2.27. The molecule has 0 aromatic rings. The van der Waals surface area contributed by atoms with E-state index in [1.54, 1.807) is 20.8 Å². The van der Waals surface area contributed by atoms with Crippen LogP contribution in [0, 0.1) is 15.5 Å². The lowest BCUT2D eigenvalue weighted by Crippen LogP contribution is -2.48. The Morgan fingerprint density at radius 2 is 1.95 bits per heavy atom. The molecule has 0 aromatic heterocycles. The summed E-state index contributed by atoms with van der Waals surface area (Å²) in [7, 11) is 0. The molecule has 0 saturated heterocycles. The summed E-state index contributed by atoms with van der Waals surface area (Å²) in [4.78, 5) is 37.6. The third-order valence-corrected chi connectivity index (χ3v) is 2.95. The van der Waals surface area contributed by atoms with Crippen molar-refractivity contribution in [3.8, 4) is 0 Å². The molecule has 21 heavy (non-hydrogen) atoms. The van der Waals surface area contributed by atoms with Crippen LogP contribution in [0.4, 0.5) is 0 Å². The highest BCUT2D eigenvalue weighted by atomic mass is 32.1. The number of rotatable bonds is 8. The highest BCUT2D eigenvalue weighted by molar-refractivity contribution is 7.80. The number of hydrogen-bond donors (Lipinski definition) is 2. The van der Waals surface area contributed by atoms with E-state index in [1.807, 2.05) is 0 Å². The van der Waals surface area contributed by atoms with Gasteiger partial charge < -0.3 is 15.5 Å². The lowest BCUT2D eigenvalue weighted by molar-refractivity contribution is -0.757. The van der Waals surface area contributed by atoms with Gasteiger partial charge in [-0.15, -0.1) is 10.1 Å². The predicted octanol–water partition coefficient (Wildman–Crippen LogP) is 0.622. The molecule has 0 heterocycles. The maximum absolute atomic E-state index is 12.0. The molecule has 0 bridgehead atoms. The highest BCUT2D eigenvalue weighted by Crippen LogP contribution is 2.18. The minimum absolute atomic E-state index is 0.0491. The number of thiocarbonyl (C=S) groups is 1. The van der Waals surface area contributed by atoms with Gasteiger partial charge in [0.15, 0.2) is 0 Å². The van der Waals surface area contributed by atoms with Crippen molar-refractivity contribution in [1.82, 2.24) is 10.6 Å². The van der Waals surface area contributed by atoms with E-state index in [0.29, 0.717) is 0 Å². The molecule has 0 radical (unpaired) electrons. The van der Waals surface area contributed by atoms with Crippen LogP contribution in [0.5, 0.6) is 0 Å². The monoisotopic (exact) mass is 319 g/mol. The number of carbonyl (C=O) groups is 2. The SMILES string of the molecule is CC(=O)NC(CC(=O)C(C)(C)C)C(=S)NCCO[N+](=O)[O-]. The van der Waals surface area contributed by atoms with Crippen molar-refractivity contribution in [2.45, 2.75) is 40.2 Å². The average molecular weight is 319 g/mol. The smallest absolute Gasteiger partial charge is 0.294 e. The Bertz CT molecular complexity index is 420. The second kappa shape index (κ2) is 8.50. The molecular weight excluding hydrogens is 298 g/mol. The molecule has 0 aliphatic rings. The summed E-state index contributed by atoms with van der Waals surface area (Å²) in [5.41, 5.74) is -0.541. The molecule has 8 nitrogen and oxygen atoms in total. The van der Waals surface area contributed by atoms with Crippen molar-refractivity contribution < 1.29 is 19.5 Å². The van der Waals surface area contributed by atoms with Gasteiger partial charge in [-0.1, -0.05) is 33.0 Å². The standard InChI is InChI=1S/C12H21N3O5S/c1-8(16)14-9(7-10(17)12(2,3)4)11(21)13-5-6-20-15(18)19/h9H,5-7H2,1-4H3,(H,13,21)(H,14,16). The Hall–Kier alpha value is -1.77. The summed E-state index contributed by atoms with van der Waals surface area (Å²) in [6, 6.07) is -0.639. The number of ketones is 1. The maximum Gasteiger partial charge on any atom is 0.294 e. The first-order chi connectivity index (χ1) is 9.54. The summed E-state index contributed by atoms with van der Waals surface area (Å²) in [5.74, 6) is -0.362. The maximum atomic E-state index is 12.0. The van der Waals surface area contributed by atoms with Gasteiger partial charge in [0.1, 0.15) is 12.4 Å².